The van der Waals surface area contributed by atoms with Crippen LogP contribution in [-0.2, 0) is 19.7 Å². The monoisotopic (exact) mass is 598 g/mol. The van der Waals surface area contributed by atoms with Crippen molar-refractivity contribution in [3.05, 3.63) is 120 Å². The topological polar surface area (TPSA) is 35.5 Å². The van der Waals surface area contributed by atoms with Crippen LogP contribution in [0.25, 0.3) is 43.1 Å². The highest BCUT2D eigenvalue weighted by Gasteiger charge is 2.49. The number of fused-ring (bicyclic) bond motifs is 4. The molecular formula is C32H20F6O3S. The number of benzene rings is 6. The molecule has 0 heterocycles. The zero-order valence-corrected chi connectivity index (χ0v) is 22.3. The van der Waals surface area contributed by atoms with Gasteiger partial charge in [-0.1, -0.05) is 97.1 Å². The molecule has 0 fully saturated rings. The zero-order chi connectivity index (χ0) is 29.6. The van der Waals surface area contributed by atoms with E-state index < -0.39 is 35.9 Å². The predicted molar refractivity (Wildman–Crippen MR) is 151 cm³/mol. The average Bonchev–Trinajstić information content (AvgIpc) is 2.95. The van der Waals surface area contributed by atoms with Gasteiger partial charge in [0.15, 0.2) is 12.2 Å². The standard InChI is InChI=1S/C32H20F6O3S/c33-31(34,35)29(27-23-13-5-1-9-19(23)17-20-10-2-6-14-24(20)27)40-42(39)41-30(32(36,37)38)28-25-15-7-3-11-21(25)18-22-12-4-8-16-26(22)28/h1-18,29-30H/t29-,30-/m0/s1. The van der Waals surface area contributed by atoms with E-state index in [2.05, 4.69) is 0 Å². The van der Waals surface area contributed by atoms with Crippen LogP contribution in [0.2, 0.25) is 0 Å². The maximum absolute atomic E-state index is 14.6. The van der Waals surface area contributed by atoms with Gasteiger partial charge in [0.05, 0.1) is 0 Å². The second-order valence-corrected chi connectivity index (χ2v) is 10.5. The summed E-state index contributed by atoms with van der Waals surface area (Å²) in [5, 5.41) is 2.42. The van der Waals surface area contributed by atoms with E-state index in [0.717, 1.165) is 0 Å². The van der Waals surface area contributed by atoms with Crippen LogP contribution in [0.4, 0.5) is 26.3 Å². The third-order valence-corrected chi connectivity index (χ3v) is 7.79. The maximum atomic E-state index is 14.6. The van der Waals surface area contributed by atoms with Crippen LogP contribution >= 0.6 is 0 Å². The summed E-state index contributed by atoms with van der Waals surface area (Å²) in [6.45, 7) is 0. The smallest absolute Gasteiger partial charge is 0.251 e. The number of hydrogen-bond acceptors (Lipinski definition) is 3. The lowest BCUT2D eigenvalue weighted by Crippen LogP contribution is -2.29. The van der Waals surface area contributed by atoms with Crippen LogP contribution in [-0.4, -0.2) is 16.6 Å². The summed E-state index contributed by atoms with van der Waals surface area (Å²) in [5.74, 6) is 0. The minimum absolute atomic E-state index is 0.156. The molecule has 6 aromatic rings. The number of halogens is 6. The van der Waals surface area contributed by atoms with E-state index in [1.807, 2.05) is 0 Å². The van der Waals surface area contributed by atoms with Crippen LogP contribution in [0.15, 0.2) is 109 Å². The SMILES string of the molecule is O=S(O[C@@H](c1c2ccccc2cc2ccccc12)C(F)(F)F)O[C@@H](c1c2ccccc2cc2ccccc12)C(F)(F)F. The van der Waals surface area contributed by atoms with Crippen molar-refractivity contribution in [2.45, 2.75) is 24.6 Å². The predicted octanol–water partition coefficient (Wildman–Crippen LogP) is 9.82. The van der Waals surface area contributed by atoms with Gasteiger partial charge in [0.25, 0.3) is 0 Å². The molecular weight excluding hydrogens is 578 g/mol. The van der Waals surface area contributed by atoms with Gasteiger partial charge in [-0.25, -0.2) is 0 Å². The molecule has 0 radical (unpaired) electrons. The molecule has 0 bridgehead atoms. The fraction of sp³-hybridized carbons (Fsp3) is 0.125. The number of hydrogen-bond donors (Lipinski definition) is 0. The van der Waals surface area contributed by atoms with E-state index in [9.17, 15) is 30.6 Å². The molecule has 0 spiro atoms. The average molecular weight is 599 g/mol. The summed E-state index contributed by atoms with van der Waals surface area (Å²) in [6, 6.07) is 28.3. The summed E-state index contributed by atoms with van der Waals surface area (Å²) in [6.07, 6.45) is -16.0. The summed E-state index contributed by atoms with van der Waals surface area (Å²) >= 11 is -3.49. The van der Waals surface area contributed by atoms with Gasteiger partial charge in [0.1, 0.15) is 0 Å². The zero-order valence-electron chi connectivity index (χ0n) is 21.4. The molecule has 6 aromatic carbocycles. The van der Waals surface area contributed by atoms with Gasteiger partial charge >= 0.3 is 23.7 Å². The van der Waals surface area contributed by atoms with Crippen LogP contribution in [0, 0.1) is 0 Å². The second-order valence-electron chi connectivity index (χ2n) is 9.70. The fourth-order valence-electron chi connectivity index (χ4n) is 5.38. The Balaban J connectivity index is 1.47. The van der Waals surface area contributed by atoms with Crippen LogP contribution in [0.5, 0.6) is 0 Å². The molecule has 42 heavy (non-hydrogen) atoms. The lowest BCUT2D eigenvalue weighted by atomic mass is 9.93. The first-order chi connectivity index (χ1) is 20.0. The highest BCUT2D eigenvalue weighted by atomic mass is 32.2. The highest BCUT2D eigenvalue weighted by molar-refractivity contribution is 7.75. The Kier molecular flexibility index (Phi) is 7.16. The van der Waals surface area contributed by atoms with Gasteiger partial charge in [0.2, 0.25) is 0 Å². The van der Waals surface area contributed by atoms with Gasteiger partial charge in [-0.3, -0.25) is 8.37 Å². The Morgan fingerprint density at radius 1 is 0.476 bits per heavy atom. The van der Waals surface area contributed by atoms with Crippen molar-refractivity contribution >= 4 is 54.5 Å². The molecule has 0 aromatic heterocycles. The first kappa shape index (κ1) is 28.1. The fourth-order valence-corrected chi connectivity index (χ4v) is 6.15. The largest absolute Gasteiger partial charge is 0.420 e. The van der Waals surface area contributed by atoms with Crippen molar-refractivity contribution in [2.24, 2.45) is 0 Å². The van der Waals surface area contributed by atoms with Crippen molar-refractivity contribution in [1.82, 2.24) is 0 Å². The van der Waals surface area contributed by atoms with Gasteiger partial charge in [-0.15, -0.1) is 0 Å². The van der Waals surface area contributed by atoms with Crippen molar-refractivity contribution < 1.29 is 38.9 Å². The van der Waals surface area contributed by atoms with Crippen molar-refractivity contribution in [1.29, 1.82) is 0 Å². The molecule has 0 amide bonds. The molecule has 0 saturated carbocycles. The molecule has 0 aliphatic heterocycles. The molecule has 0 aliphatic rings. The van der Waals surface area contributed by atoms with Crippen molar-refractivity contribution in [3.8, 4) is 0 Å². The van der Waals surface area contributed by atoms with Gasteiger partial charge < -0.3 is 0 Å². The molecule has 0 aliphatic carbocycles. The summed E-state index contributed by atoms with van der Waals surface area (Å²) in [5.41, 5.74) is -0.736. The molecule has 0 N–H and O–H groups in total. The minimum Gasteiger partial charge on any atom is -0.251 e. The summed E-state index contributed by atoms with van der Waals surface area (Å²) in [7, 11) is 0. The second kappa shape index (κ2) is 10.7. The van der Waals surface area contributed by atoms with Crippen molar-refractivity contribution in [2.75, 3.05) is 0 Å². The Morgan fingerprint density at radius 2 is 0.738 bits per heavy atom. The van der Waals surface area contributed by atoms with Crippen LogP contribution < -0.4 is 0 Å². The Bertz CT molecular complexity index is 1720. The first-order valence-electron chi connectivity index (χ1n) is 12.7. The molecule has 6 rings (SSSR count). The van der Waals surface area contributed by atoms with Crippen molar-refractivity contribution in [3.63, 3.8) is 0 Å². The molecule has 0 saturated heterocycles. The van der Waals surface area contributed by atoms with Crippen LogP contribution in [0.1, 0.15) is 23.3 Å². The highest BCUT2D eigenvalue weighted by Crippen LogP contribution is 2.46. The third-order valence-electron chi connectivity index (χ3n) is 7.09. The molecule has 2 atom stereocenters. The molecule has 3 nitrogen and oxygen atoms in total. The molecule has 0 unspecified atom stereocenters. The van der Waals surface area contributed by atoms with E-state index in [4.69, 9.17) is 8.37 Å². The lowest BCUT2D eigenvalue weighted by Gasteiger charge is -2.26. The third kappa shape index (κ3) is 5.21. The van der Waals surface area contributed by atoms with E-state index in [0.29, 0.717) is 21.5 Å². The van der Waals surface area contributed by atoms with E-state index >= 15 is 0 Å². The maximum Gasteiger partial charge on any atom is 0.420 e. The normalized spacial score (nSPS) is 14.3. The summed E-state index contributed by atoms with van der Waals surface area (Å²) < 4.78 is 111. The van der Waals surface area contributed by atoms with E-state index in [1.54, 1.807) is 60.7 Å². The first-order valence-corrected chi connectivity index (χ1v) is 13.7. The quantitative estimate of drug-likeness (QED) is 0.141. The van der Waals surface area contributed by atoms with Gasteiger partial charge in [0, 0.05) is 11.1 Å². The lowest BCUT2D eigenvalue weighted by molar-refractivity contribution is -0.208. The Morgan fingerprint density at radius 3 is 1.00 bits per heavy atom. The van der Waals surface area contributed by atoms with Gasteiger partial charge in [-0.05, 0) is 55.2 Å². The number of rotatable bonds is 6. The number of alkyl halides is 6. The molecule has 214 valence electrons. The minimum atomic E-state index is -5.15. The van der Waals surface area contributed by atoms with Crippen LogP contribution in [0.3, 0.4) is 0 Å². The Labute approximate surface area is 238 Å². The van der Waals surface area contributed by atoms with Gasteiger partial charge in [-0.2, -0.15) is 30.6 Å². The molecule has 10 heteroatoms. The Hall–Kier alpha value is -3.99. The van der Waals surface area contributed by atoms with E-state index in [-0.39, 0.29) is 32.7 Å². The van der Waals surface area contributed by atoms with E-state index in [1.165, 1.54) is 48.5 Å². The summed E-state index contributed by atoms with van der Waals surface area (Å²) in [4.78, 5) is 0.